The number of carbonyl (C=O) groups excluding carboxylic acids is 1. The lowest BCUT2D eigenvalue weighted by Gasteiger charge is -2.18. The summed E-state index contributed by atoms with van der Waals surface area (Å²) in [6, 6.07) is 6.33. The van der Waals surface area contributed by atoms with Crippen LogP contribution in [0.3, 0.4) is 0 Å². The zero-order chi connectivity index (χ0) is 17.9. The van der Waals surface area contributed by atoms with Crippen LogP contribution in [-0.4, -0.2) is 19.1 Å². The highest BCUT2D eigenvalue weighted by Crippen LogP contribution is 2.26. The molecule has 2 aromatic carbocycles. The topological polar surface area (TPSA) is 50.4 Å². The van der Waals surface area contributed by atoms with E-state index >= 15 is 0 Å². The van der Waals surface area contributed by atoms with Gasteiger partial charge in [0.15, 0.2) is 17.5 Å². The third-order valence-corrected chi connectivity index (χ3v) is 3.41. The summed E-state index contributed by atoms with van der Waals surface area (Å²) in [5, 5.41) is 5.17. The second-order valence-corrected chi connectivity index (χ2v) is 5.28. The van der Waals surface area contributed by atoms with Gasteiger partial charge in [-0.1, -0.05) is 6.07 Å². The summed E-state index contributed by atoms with van der Waals surface area (Å²) in [5.74, 6) is -4.46. The van der Waals surface area contributed by atoms with Crippen LogP contribution in [0.1, 0.15) is 12.5 Å². The highest BCUT2D eigenvalue weighted by Gasteiger charge is 2.19. The van der Waals surface area contributed by atoms with E-state index in [1.165, 1.54) is 7.11 Å². The van der Waals surface area contributed by atoms with Crippen molar-refractivity contribution in [2.75, 3.05) is 17.7 Å². The molecule has 24 heavy (non-hydrogen) atoms. The number of ether oxygens (including phenoxy) is 1. The van der Waals surface area contributed by atoms with Gasteiger partial charge < -0.3 is 15.4 Å². The molecule has 1 unspecified atom stereocenters. The van der Waals surface area contributed by atoms with Crippen molar-refractivity contribution in [2.24, 2.45) is 0 Å². The van der Waals surface area contributed by atoms with Crippen LogP contribution < -0.4 is 15.4 Å². The number of rotatable bonds is 5. The van der Waals surface area contributed by atoms with E-state index in [2.05, 4.69) is 10.6 Å². The van der Waals surface area contributed by atoms with E-state index in [9.17, 15) is 18.0 Å². The lowest BCUT2D eigenvalue weighted by atomic mass is 10.2. The molecular weight excluding hydrogens is 321 g/mol. The molecule has 0 fully saturated rings. The van der Waals surface area contributed by atoms with Gasteiger partial charge >= 0.3 is 0 Å². The molecular formula is C17H17F3N2O2. The fourth-order valence-electron chi connectivity index (χ4n) is 2.10. The van der Waals surface area contributed by atoms with Gasteiger partial charge in [0.1, 0.15) is 11.8 Å². The third-order valence-electron chi connectivity index (χ3n) is 3.41. The molecule has 2 N–H and O–H groups in total. The zero-order valence-corrected chi connectivity index (χ0v) is 13.4. The minimum absolute atomic E-state index is 0.427. The number of hydrogen-bond acceptors (Lipinski definition) is 3. The maximum absolute atomic E-state index is 13.6. The first-order valence-corrected chi connectivity index (χ1v) is 7.19. The quantitative estimate of drug-likeness (QED) is 0.814. The van der Waals surface area contributed by atoms with E-state index in [0.717, 1.165) is 17.7 Å². The average molecular weight is 338 g/mol. The van der Waals surface area contributed by atoms with Gasteiger partial charge in [-0.15, -0.1) is 0 Å². The number of nitrogens with one attached hydrogen (secondary N) is 2. The van der Waals surface area contributed by atoms with Gasteiger partial charge in [-0.25, -0.2) is 13.2 Å². The Hall–Kier alpha value is -2.70. The number of aryl methyl sites for hydroxylation is 1. The van der Waals surface area contributed by atoms with Crippen molar-refractivity contribution in [2.45, 2.75) is 19.9 Å². The number of methoxy groups -OCH3 is 1. The molecule has 2 rings (SSSR count). The third kappa shape index (κ3) is 3.79. The lowest BCUT2D eigenvalue weighted by molar-refractivity contribution is -0.116. The Bertz CT molecular complexity index is 766. The molecule has 0 radical (unpaired) electrons. The van der Waals surface area contributed by atoms with Crippen LogP contribution >= 0.6 is 0 Å². The summed E-state index contributed by atoms with van der Waals surface area (Å²) in [4.78, 5) is 12.2. The summed E-state index contributed by atoms with van der Waals surface area (Å²) in [7, 11) is 1.50. The molecule has 0 saturated carbocycles. The summed E-state index contributed by atoms with van der Waals surface area (Å²) in [5.41, 5.74) is 1.12. The van der Waals surface area contributed by atoms with E-state index in [1.54, 1.807) is 19.1 Å². The first kappa shape index (κ1) is 17.7. The number of anilines is 2. The molecule has 128 valence electrons. The van der Waals surface area contributed by atoms with Crippen molar-refractivity contribution in [1.29, 1.82) is 0 Å². The molecule has 0 aliphatic rings. The molecule has 0 saturated heterocycles. The van der Waals surface area contributed by atoms with Crippen LogP contribution in [0.15, 0.2) is 30.3 Å². The fraction of sp³-hybridized carbons (Fsp3) is 0.235. The van der Waals surface area contributed by atoms with Crippen LogP contribution in [0, 0.1) is 24.4 Å². The van der Waals surface area contributed by atoms with Crippen molar-refractivity contribution < 1.29 is 22.7 Å². The Labute approximate surface area is 137 Å². The SMILES string of the molecule is COc1ccc(C)cc1NC(C)C(=O)Nc1ccc(F)c(F)c1F. The van der Waals surface area contributed by atoms with Gasteiger partial charge in [-0.2, -0.15) is 0 Å². The Morgan fingerprint density at radius 2 is 1.79 bits per heavy atom. The van der Waals surface area contributed by atoms with E-state index in [0.29, 0.717) is 11.4 Å². The molecule has 1 atom stereocenters. The Morgan fingerprint density at radius 3 is 2.46 bits per heavy atom. The predicted molar refractivity (Wildman–Crippen MR) is 85.8 cm³/mol. The number of amides is 1. The zero-order valence-electron chi connectivity index (χ0n) is 13.4. The summed E-state index contributed by atoms with van der Waals surface area (Å²) in [6.45, 7) is 3.43. The predicted octanol–water partition coefficient (Wildman–Crippen LogP) is 3.86. The minimum atomic E-state index is -1.63. The van der Waals surface area contributed by atoms with Crippen molar-refractivity contribution in [3.05, 3.63) is 53.3 Å². The Kier molecular flexibility index (Phi) is 5.33. The number of halogens is 3. The number of hydrogen-bond donors (Lipinski definition) is 2. The van der Waals surface area contributed by atoms with Gasteiger partial charge in [0.2, 0.25) is 5.91 Å². The van der Waals surface area contributed by atoms with Gasteiger partial charge in [0.05, 0.1) is 18.5 Å². The standard InChI is InChI=1S/C17H17F3N2O2/c1-9-4-7-14(24-3)13(8-9)21-10(2)17(23)22-12-6-5-11(18)15(19)16(12)20/h4-8,10,21H,1-3H3,(H,22,23). The number of carbonyl (C=O) groups is 1. The van der Waals surface area contributed by atoms with E-state index in [1.807, 2.05) is 13.0 Å². The summed E-state index contributed by atoms with van der Waals surface area (Å²) < 4.78 is 44.9. The minimum Gasteiger partial charge on any atom is -0.495 e. The Balaban J connectivity index is 2.13. The first-order chi connectivity index (χ1) is 11.3. The number of benzene rings is 2. The molecule has 0 aliphatic heterocycles. The van der Waals surface area contributed by atoms with E-state index in [4.69, 9.17) is 4.74 Å². The maximum atomic E-state index is 13.6. The molecule has 0 heterocycles. The average Bonchev–Trinajstić information content (AvgIpc) is 2.55. The van der Waals surface area contributed by atoms with Gasteiger partial charge in [-0.05, 0) is 43.7 Å². The van der Waals surface area contributed by atoms with Crippen molar-refractivity contribution in [3.63, 3.8) is 0 Å². The first-order valence-electron chi connectivity index (χ1n) is 7.19. The molecule has 1 amide bonds. The van der Waals surface area contributed by atoms with Crippen LogP contribution in [0.5, 0.6) is 5.75 Å². The molecule has 7 heteroatoms. The fourth-order valence-corrected chi connectivity index (χ4v) is 2.10. The lowest BCUT2D eigenvalue weighted by Crippen LogP contribution is -2.32. The normalized spacial score (nSPS) is 11.8. The van der Waals surface area contributed by atoms with Gasteiger partial charge in [0.25, 0.3) is 0 Å². The molecule has 0 aliphatic carbocycles. The van der Waals surface area contributed by atoms with E-state index < -0.39 is 35.1 Å². The van der Waals surface area contributed by atoms with Crippen molar-refractivity contribution in [3.8, 4) is 5.75 Å². The van der Waals surface area contributed by atoms with Crippen LogP contribution in [0.4, 0.5) is 24.5 Å². The maximum Gasteiger partial charge on any atom is 0.246 e. The highest BCUT2D eigenvalue weighted by molar-refractivity contribution is 5.96. The summed E-state index contributed by atoms with van der Waals surface area (Å²) >= 11 is 0. The molecule has 0 aromatic heterocycles. The van der Waals surface area contributed by atoms with Crippen LogP contribution in [-0.2, 0) is 4.79 Å². The van der Waals surface area contributed by atoms with Gasteiger partial charge in [-0.3, -0.25) is 4.79 Å². The molecule has 0 spiro atoms. The van der Waals surface area contributed by atoms with Crippen LogP contribution in [0.2, 0.25) is 0 Å². The molecule has 2 aromatic rings. The monoisotopic (exact) mass is 338 g/mol. The van der Waals surface area contributed by atoms with E-state index in [-0.39, 0.29) is 0 Å². The second-order valence-electron chi connectivity index (χ2n) is 5.28. The second kappa shape index (κ2) is 7.25. The van der Waals surface area contributed by atoms with Crippen LogP contribution in [0.25, 0.3) is 0 Å². The molecule has 4 nitrogen and oxygen atoms in total. The summed E-state index contributed by atoms with van der Waals surface area (Å²) in [6.07, 6.45) is 0. The smallest absolute Gasteiger partial charge is 0.246 e. The van der Waals surface area contributed by atoms with Gasteiger partial charge in [0, 0.05) is 0 Å². The Morgan fingerprint density at radius 1 is 1.08 bits per heavy atom. The molecule has 0 bridgehead atoms. The highest BCUT2D eigenvalue weighted by atomic mass is 19.2. The van der Waals surface area contributed by atoms with Crippen molar-refractivity contribution >= 4 is 17.3 Å². The largest absolute Gasteiger partial charge is 0.495 e. The van der Waals surface area contributed by atoms with Crippen molar-refractivity contribution in [1.82, 2.24) is 0 Å².